The quantitative estimate of drug-likeness (QED) is 0.785. The number of carbonyl (C=O) groups excluding carboxylic acids is 2. The maximum atomic E-state index is 12.7. The van der Waals surface area contributed by atoms with Gasteiger partial charge in [-0.25, -0.2) is 4.79 Å². The number of ketones is 1. The lowest BCUT2D eigenvalue weighted by Gasteiger charge is -2.39. The molecule has 0 radical (unpaired) electrons. The highest BCUT2D eigenvalue weighted by atomic mass is 16.6. The van der Waals surface area contributed by atoms with Crippen LogP contribution in [0.3, 0.4) is 0 Å². The van der Waals surface area contributed by atoms with Crippen LogP contribution in [0, 0.1) is 0 Å². The van der Waals surface area contributed by atoms with Crippen LogP contribution in [0.4, 0.5) is 4.79 Å². The van der Waals surface area contributed by atoms with E-state index >= 15 is 0 Å². The highest BCUT2D eigenvalue weighted by molar-refractivity contribution is 6.08. The van der Waals surface area contributed by atoms with E-state index in [0.717, 1.165) is 11.0 Å². The standard InChI is InChI=1S/C20H26N2O4/c1-14-11-22(19(24)26-20(2,3)4)10-9-21(14)12-17(23)16-13-25-18-8-6-5-7-15(16)18/h5-8,13-14H,9-12H2,1-4H3. The van der Waals surface area contributed by atoms with Crippen LogP contribution < -0.4 is 0 Å². The van der Waals surface area contributed by atoms with Crippen LogP contribution in [0.2, 0.25) is 0 Å². The highest BCUT2D eigenvalue weighted by Gasteiger charge is 2.31. The molecule has 2 heterocycles. The number of benzene rings is 1. The van der Waals surface area contributed by atoms with Gasteiger partial charge in [0.1, 0.15) is 17.4 Å². The maximum absolute atomic E-state index is 12.7. The minimum absolute atomic E-state index is 0.0347. The molecule has 0 N–H and O–H groups in total. The third-order valence-corrected chi connectivity index (χ3v) is 4.54. The maximum Gasteiger partial charge on any atom is 0.410 e. The first-order valence-corrected chi connectivity index (χ1v) is 8.96. The number of para-hydroxylation sites is 1. The Bertz CT molecular complexity index is 805. The molecule has 6 nitrogen and oxygen atoms in total. The molecule has 1 saturated heterocycles. The Morgan fingerprint density at radius 1 is 1.23 bits per heavy atom. The number of furan rings is 1. The van der Waals surface area contributed by atoms with Gasteiger partial charge in [-0.1, -0.05) is 18.2 Å². The lowest BCUT2D eigenvalue weighted by molar-refractivity contribution is 0.00659. The fraction of sp³-hybridized carbons (Fsp3) is 0.500. The summed E-state index contributed by atoms with van der Waals surface area (Å²) >= 11 is 0. The van der Waals surface area contributed by atoms with Gasteiger partial charge in [-0.3, -0.25) is 9.69 Å². The van der Waals surface area contributed by atoms with Crippen LogP contribution in [-0.4, -0.2) is 59.5 Å². The van der Waals surface area contributed by atoms with Gasteiger partial charge in [0, 0.05) is 31.1 Å². The van der Waals surface area contributed by atoms with Crippen LogP contribution in [0.15, 0.2) is 34.9 Å². The minimum atomic E-state index is -0.504. The zero-order valence-corrected chi connectivity index (χ0v) is 15.8. The molecule has 1 aliphatic rings. The number of hydrogen-bond acceptors (Lipinski definition) is 5. The molecular weight excluding hydrogens is 332 g/mol. The molecule has 140 valence electrons. The number of rotatable bonds is 3. The summed E-state index contributed by atoms with van der Waals surface area (Å²) in [5.41, 5.74) is 0.830. The minimum Gasteiger partial charge on any atom is -0.464 e. The van der Waals surface area contributed by atoms with E-state index < -0.39 is 5.60 Å². The first kappa shape index (κ1) is 18.5. The molecule has 1 aliphatic heterocycles. The monoisotopic (exact) mass is 358 g/mol. The van der Waals surface area contributed by atoms with Crippen LogP contribution in [0.25, 0.3) is 11.0 Å². The van der Waals surface area contributed by atoms with Crippen molar-refractivity contribution < 1.29 is 18.7 Å². The van der Waals surface area contributed by atoms with Gasteiger partial charge >= 0.3 is 6.09 Å². The average Bonchev–Trinajstić information content (AvgIpc) is 2.99. The molecule has 6 heteroatoms. The topological polar surface area (TPSA) is 63.0 Å². The first-order valence-electron chi connectivity index (χ1n) is 8.96. The van der Waals surface area contributed by atoms with E-state index in [1.165, 1.54) is 6.26 Å². The van der Waals surface area contributed by atoms with Gasteiger partial charge in [-0.2, -0.15) is 0 Å². The molecule has 1 atom stereocenters. The van der Waals surface area contributed by atoms with Gasteiger partial charge in [-0.05, 0) is 33.8 Å². The van der Waals surface area contributed by atoms with Crippen LogP contribution in [0.1, 0.15) is 38.1 Å². The van der Waals surface area contributed by atoms with E-state index in [9.17, 15) is 9.59 Å². The number of nitrogens with zero attached hydrogens (tertiary/aromatic N) is 2. The molecule has 3 rings (SSSR count). The molecule has 1 unspecified atom stereocenters. The third-order valence-electron chi connectivity index (χ3n) is 4.54. The van der Waals surface area contributed by atoms with E-state index in [1.807, 2.05) is 52.0 Å². The zero-order valence-electron chi connectivity index (χ0n) is 15.8. The van der Waals surface area contributed by atoms with Gasteiger partial charge in [0.15, 0.2) is 5.78 Å². The molecule has 0 bridgehead atoms. The van der Waals surface area contributed by atoms with Crippen molar-refractivity contribution in [3.05, 3.63) is 36.1 Å². The molecule has 0 aliphatic carbocycles. The fourth-order valence-electron chi connectivity index (χ4n) is 3.19. The fourth-order valence-corrected chi connectivity index (χ4v) is 3.19. The summed E-state index contributed by atoms with van der Waals surface area (Å²) in [6, 6.07) is 7.62. The van der Waals surface area contributed by atoms with Crippen LogP contribution in [0.5, 0.6) is 0 Å². The first-order chi connectivity index (χ1) is 12.2. The Labute approximate surface area is 153 Å². The molecule has 26 heavy (non-hydrogen) atoms. The summed E-state index contributed by atoms with van der Waals surface area (Å²) < 4.78 is 10.9. The number of piperazine rings is 1. The number of ether oxygens (including phenoxy) is 1. The lowest BCUT2D eigenvalue weighted by Crippen LogP contribution is -2.55. The van der Waals surface area contributed by atoms with E-state index in [-0.39, 0.29) is 17.9 Å². The lowest BCUT2D eigenvalue weighted by atomic mass is 10.1. The van der Waals surface area contributed by atoms with Crippen molar-refractivity contribution in [3.8, 4) is 0 Å². The summed E-state index contributed by atoms with van der Waals surface area (Å²) in [7, 11) is 0. The number of Topliss-reactive ketones (excluding diaryl/α,β-unsaturated/α-hetero) is 1. The third kappa shape index (κ3) is 4.07. The molecule has 0 spiro atoms. The Balaban J connectivity index is 1.62. The van der Waals surface area contributed by atoms with Crippen LogP contribution in [-0.2, 0) is 4.74 Å². The Hall–Kier alpha value is -2.34. The van der Waals surface area contributed by atoms with Crippen molar-refractivity contribution in [1.82, 2.24) is 9.80 Å². The second kappa shape index (κ2) is 7.11. The second-order valence-electron chi connectivity index (χ2n) is 7.81. The van der Waals surface area contributed by atoms with E-state index in [1.54, 1.807) is 4.90 Å². The van der Waals surface area contributed by atoms with Gasteiger partial charge < -0.3 is 14.1 Å². The van der Waals surface area contributed by atoms with Crippen molar-refractivity contribution >= 4 is 22.8 Å². The second-order valence-corrected chi connectivity index (χ2v) is 7.81. The van der Waals surface area contributed by atoms with E-state index in [0.29, 0.717) is 31.7 Å². The van der Waals surface area contributed by atoms with Gasteiger partial charge in [0.05, 0.1) is 12.1 Å². The number of amides is 1. The van der Waals surface area contributed by atoms with Crippen molar-refractivity contribution in [2.45, 2.75) is 39.3 Å². The van der Waals surface area contributed by atoms with E-state index in [4.69, 9.17) is 9.15 Å². The van der Waals surface area contributed by atoms with Crippen molar-refractivity contribution in [1.29, 1.82) is 0 Å². The number of fused-ring (bicyclic) bond motifs is 1. The van der Waals surface area contributed by atoms with Gasteiger partial charge in [-0.15, -0.1) is 0 Å². The molecule has 1 amide bonds. The summed E-state index contributed by atoms with van der Waals surface area (Å²) in [5.74, 6) is 0.0347. The van der Waals surface area contributed by atoms with Gasteiger partial charge in [0.2, 0.25) is 0 Å². The van der Waals surface area contributed by atoms with Crippen molar-refractivity contribution in [3.63, 3.8) is 0 Å². The molecular formula is C20H26N2O4. The molecule has 0 saturated carbocycles. The Kier molecular flexibility index (Phi) is 5.05. The smallest absolute Gasteiger partial charge is 0.410 e. The highest BCUT2D eigenvalue weighted by Crippen LogP contribution is 2.22. The van der Waals surface area contributed by atoms with Gasteiger partial charge in [0.25, 0.3) is 0 Å². The predicted octanol–water partition coefficient (Wildman–Crippen LogP) is 3.56. The largest absolute Gasteiger partial charge is 0.464 e. The molecule has 2 aromatic rings. The Morgan fingerprint density at radius 2 is 1.96 bits per heavy atom. The zero-order chi connectivity index (χ0) is 18.9. The SMILES string of the molecule is CC1CN(C(=O)OC(C)(C)C)CCN1CC(=O)c1coc2ccccc12. The molecule has 1 aromatic heterocycles. The van der Waals surface area contributed by atoms with Crippen LogP contribution >= 0.6 is 0 Å². The summed E-state index contributed by atoms with van der Waals surface area (Å²) in [4.78, 5) is 28.8. The summed E-state index contributed by atoms with van der Waals surface area (Å²) in [6.07, 6.45) is 1.24. The predicted molar refractivity (Wildman–Crippen MR) is 99.4 cm³/mol. The normalized spacial score (nSPS) is 18.9. The Morgan fingerprint density at radius 3 is 2.65 bits per heavy atom. The number of hydrogen-bond donors (Lipinski definition) is 0. The van der Waals surface area contributed by atoms with Crippen molar-refractivity contribution in [2.75, 3.05) is 26.2 Å². The van der Waals surface area contributed by atoms with E-state index in [2.05, 4.69) is 4.90 Å². The average molecular weight is 358 g/mol. The van der Waals surface area contributed by atoms with Crippen molar-refractivity contribution in [2.24, 2.45) is 0 Å². The molecule has 1 fully saturated rings. The number of carbonyl (C=O) groups is 2. The summed E-state index contributed by atoms with van der Waals surface area (Å²) in [5, 5.41) is 0.845. The molecule has 1 aromatic carbocycles. The summed E-state index contributed by atoms with van der Waals surface area (Å²) in [6.45, 7) is 9.66.